The van der Waals surface area contributed by atoms with Crippen molar-refractivity contribution < 1.29 is 23.8 Å². The molecule has 0 bridgehead atoms. The molecule has 3 aromatic rings. The highest BCUT2D eigenvalue weighted by Crippen LogP contribution is 2.26. The molecule has 0 saturated heterocycles. The second kappa shape index (κ2) is 7.66. The third-order valence-corrected chi connectivity index (χ3v) is 3.76. The van der Waals surface area contributed by atoms with Crippen LogP contribution in [0.2, 0.25) is 0 Å². The summed E-state index contributed by atoms with van der Waals surface area (Å²) in [5.41, 5.74) is 0.290. The number of carbonyl (C=O) groups excluding carboxylic acids is 2. The van der Waals surface area contributed by atoms with Gasteiger partial charge in [-0.25, -0.2) is 4.79 Å². The van der Waals surface area contributed by atoms with Crippen LogP contribution in [-0.4, -0.2) is 34.1 Å². The summed E-state index contributed by atoms with van der Waals surface area (Å²) in [6.45, 7) is 1.63. The van der Waals surface area contributed by atoms with E-state index in [1.807, 2.05) is 0 Å². The number of nitro groups is 1. The van der Waals surface area contributed by atoms with Crippen molar-refractivity contribution in [2.75, 3.05) is 12.4 Å². The molecule has 2 aromatic carbocycles. The molecule has 0 radical (unpaired) electrons. The second-order valence-electron chi connectivity index (χ2n) is 5.65. The van der Waals surface area contributed by atoms with Crippen molar-refractivity contribution in [1.29, 1.82) is 0 Å². The van der Waals surface area contributed by atoms with Gasteiger partial charge in [0.1, 0.15) is 0 Å². The second-order valence-corrected chi connectivity index (χ2v) is 5.65. The van der Waals surface area contributed by atoms with Crippen molar-refractivity contribution in [3.8, 4) is 11.4 Å². The fourth-order valence-corrected chi connectivity index (χ4v) is 2.47. The standard InChI is InChI=1S/C18H14N4O6/c1-10-19-16(21-28-10)14-5-3-4-6-15(14)20-17(23)11-7-12(18(24)27-2)9-13(8-11)22(25)26/h3-9H,1-2H3,(H,20,23). The van der Waals surface area contributed by atoms with Crippen LogP contribution in [0.3, 0.4) is 0 Å². The molecule has 0 saturated carbocycles. The lowest BCUT2D eigenvalue weighted by Gasteiger charge is -2.09. The zero-order chi connectivity index (χ0) is 20.3. The van der Waals surface area contributed by atoms with Crippen LogP contribution in [-0.2, 0) is 4.74 Å². The maximum absolute atomic E-state index is 12.7. The van der Waals surface area contributed by atoms with Crippen LogP contribution in [0.15, 0.2) is 47.0 Å². The molecule has 1 aromatic heterocycles. The molecule has 28 heavy (non-hydrogen) atoms. The van der Waals surface area contributed by atoms with Crippen LogP contribution in [0.25, 0.3) is 11.4 Å². The van der Waals surface area contributed by atoms with E-state index in [1.165, 1.54) is 6.07 Å². The number of non-ortho nitro benzene ring substituents is 1. The Labute approximate surface area is 158 Å². The maximum atomic E-state index is 12.7. The Morgan fingerprint density at radius 2 is 1.89 bits per heavy atom. The number of esters is 1. The Balaban J connectivity index is 1.97. The smallest absolute Gasteiger partial charge is 0.338 e. The van der Waals surface area contributed by atoms with Crippen molar-refractivity contribution in [2.45, 2.75) is 6.92 Å². The normalized spacial score (nSPS) is 10.4. The number of nitrogens with zero attached hydrogens (tertiary/aromatic N) is 3. The lowest BCUT2D eigenvalue weighted by molar-refractivity contribution is -0.384. The zero-order valence-corrected chi connectivity index (χ0v) is 14.8. The van der Waals surface area contributed by atoms with E-state index in [1.54, 1.807) is 31.2 Å². The van der Waals surface area contributed by atoms with Gasteiger partial charge in [-0.1, -0.05) is 17.3 Å². The molecule has 1 N–H and O–H groups in total. The fraction of sp³-hybridized carbons (Fsp3) is 0.111. The van der Waals surface area contributed by atoms with E-state index in [0.717, 1.165) is 19.2 Å². The Morgan fingerprint density at radius 3 is 2.54 bits per heavy atom. The number of nitrogens with one attached hydrogen (secondary N) is 1. The summed E-state index contributed by atoms with van der Waals surface area (Å²) in [6.07, 6.45) is 0. The number of carbonyl (C=O) groups is 2. The minimum absolute atomic E-state index is 0.0753. The highest BCUT2D eigenvalue weighted by atomic mass is 16.6. The summed E-state index contributed by atoms with van der Waals surface area (Å²) >= 11 is 0. The monoisotopic (exact) mass is 382 g/mol. The molecular formula is C18H14N4O6. The van der Waals surface area contributed by atoms with Gasteiger partial charge in [0.05, 0.1) is 23.3 Å². The molecule has 0 aliphatic heterocycles. The summed E-state index contributed by atoms with van der Waals surface area (Å²) in [5, 5.41) is 17.6. The number of benzene rings is 2. The third-order valence-electron chi connectivity index (χ3n) is 3.76. The SMILES string of the molecule is COC(=O)c1cc(C(=O)Nc2ccccc2-c2noc(C)n2)cc([N+](=O)[O-])c1. The van der Waals surface area contributed by atoms with Gasteiger partial charge in [0, 0.05) is 30.2 Å². The van der Waals surface area contributed by atoms with Crippen molar-refractivity contribution in [3.05, 3.63) is 69.6 Å². The van der Waals surface area contributed by atoms with Gasteiger partial charge in [0.2, 0.25) is 11.7 Å². The summed E-state index contributed by atoms with van der Waals surface area (Å²) in [4.78, 5) is 39.0. The average molecular weight is 382 g/mol. The minimum atomic E-state index is -0.791. The van der Waals surface area contributed by atoms with Crippen LogP contribution in [0.5, 0.6) is 0 Å². The van der Waals surface area contributed by atoms with E-state index >= 15 is 0 Å². The first-order chi connectivity index (χ1) is 13.4. The Hall–Kier alpha value is -4.08. The van der Waals surface area contributed by atoms with Crippen LogP contribution < -0.4 is 5.32 Å². The van der Waals surface area contributed by atoms with Gasteiger partial charge in [0.15, 0.2) is 0 Å². The number of methoxy groups -OCH3 is 1. The average Bonchev–Trinajstić information content (AvgIpc) is 3.13. The maximum Gasteiger partial charge on any atom is 0.338 e. The number of amides is 1. The topological polar surface area (TPSA) is 137 Å². The number of hydrogen-bond acceptors (Lipinski definition) is 8. The van der Waals surface area contributed by atoms with Gasteiger partial charge in [-0.05, 0) is 18.2 Å². The number of ether oxygens (including phenoxy) is 1. The Morgan fingerprint density at radius 1 is 1.18 bits per heavy atom. The highest BCUT2D eigenvalue weighted by Gasteiger charge is 2.20. The molecule has 0 spiro atoms. The zero-order valence-electron chi connectivity index (χ0n) is 14.8. The first-order valence-corrected chi connectivity index (χ1v) is 7.98. The third kappa shape index (κ3) is 3.85. The van der Waals surface area contributed by atoms with E-state index < -0.39 is 22.5 Å². The lowest BCUT2D eigenvalue weighted by Crippen LogP contribution is -2.14. The fourth-order valence-electron chi connectivity index (χ4n) is 2.47. The molecule has 0 aliphatic carbocycles. The van der Waals surface area contributed by atoms with Crippen LogP contribution in [0.4, 0.5) is 11.4 Å². The molecular weight excluding hydrogens is 368 g/mol. The summed E-state index contributed by atoms with van der Waals surface area (Å²) in [7, 11) is 1.14. The van der Waals surface area contributed by atoms with Crippen molar-refractivity contribution in [2.24, 2.45) is 0 Å². The number of nitro benzene ring substituents is 1. The minimum Gasteiger partial charge on any atom is -0.465 e. The number of aromatic nitrogens is 2. The van der Waals surface area contributed by atoms with E-state index in [4.69, 9.17) is 4.52 Å². The first-order valence-electron chi connectivity index (χ1n) is 7.98. The molecule has 1 heterocycles. The van der Waals surface area contributed by atoms with E-state index in [2.05, 4.69) is 20.2 Å². The van der Waals surface area contributed by atoms with Crippen LogP contribution in [0, 0.1) is 17.0 Å². The summed E-state index contributed by atoms with van der Waals surface area (Å²) in [6, 6.07) is 10.1. The molecule has 0 fully saturated rings. The molecule has 3 rings (SSSR count). The van der Waals surface area contributed by atoms with E-state index in [9.17, 15) is 19.7 Å². The number of para-hydroxylation sites is 1. The molecule has 10 nitrogen and oxygen atoms in total. The lowest BCUT2D eigenvalue weighted by atomic mass is 10.1. The van der Waals surface area contributed by atoms with Gasteiger partial charge in [-0.3, -0.25) is 14.9 Å². The van der Waals surface area contributed by atoms with Gasteiger partial charge in [0.25, 0.3) is 11.6 Å². The molecule has 10 heteroatoms. The van der Waals surface area contributed by atoms with Crippen LogP contribution >= 0.6 is 0 Å². The van der Waals surface area contributed by atoms with Crippen molar-refractivity contribution in [3.63, 3.8) is 0 Å². The molecule has 0 unspecified atom stereocenters. The predicted octanol–water partition coefficient (Wildman–Crippen LogP) is 2.99. The summed E-state index contributed by atoms with van der Waals surface area (Å²) in [5.74, 6) is -0.804. The Kier molecular flexibility index (Phi) is 5.12. The van der Waals surface area contributed by atoms with E-state index in [-0.39, 0.29) is 17.0 Å². The number of aryl methyl sites for hydroxylation is 1. The number of hydrogen-bond donors (Lipinski definition) is 1. The van der Waals surface area contributed by atoms with Crippen LogP contribution in [0.1, 0.15) is 26.6 Å². The largest absolute Gasteiger partial charge is 0.465 e. The molecule has 1 amide bonds. The number of anilines is 1. The van der Waals surface area contributed by atoms with Gasteiger partial charge in [-0.2, -0.15) is 4.98 Å². The highest BCUT2D eigenvalue weighted by molar-refractivity contribution is 6.07. The van der Waals surface area contributed by atoms with Crippen molar-refractivity contribution >= 4 is 23.3 Å². The summed E-state index contributed by atoms with van der Waals surface area (Å²) < 4.78 is 9.54. The predicted molar refractivity (Wildman–Crippen MR) is 96.9 cm³/mol. The molecule has 142 valence electrons. The van der Waals surface area contributed by atoms with Gasteiger partial charge >= 0.3 is 5.97 Å². The Bertz CT molecular complexity index is 1080. The first kappa shape index (κ1) is 18.7. The van der Waals surface area contributed by atoms with E-state index in [0.29, 0.717) is 17.1 Å². The van der Waals surface area contributed by atoms with Gasteiger partial charge in [-0.15, -0.1) is 0 Å². The molecule has 0 atom stereocenters. The quantitative estimate of drug-likeness (QED) is 0.404. The number of rotatable bonds is 5. The van der Waals surface area contributed by atoms with Crippen molar-refractivity contribution in [1.82, 2.24) is 10.1 Å². The van der Waals surface area contributed by atoms with Gasteiger partial charge < -0.3 is 14.6 Å². The molecule has 0 aliphatic rings.